The Hall–Kier alpha value is -3.42. The van der Waals surface area contributed by atoms with E-state index in [1.165, 1.54) is 0 Å². The minimum absolute atomic E-state index is 0.103. The van der Waals surface area contributed by atoms with Gasteiger partial charge in [0, 0.05) is 52.0 Å². The van der Waals surface area contributed by atoms with Crippen molar-refractivity contribution in [3.8, 4) is 0 Å². The molecule has 1 aliphatic rings. The van der Waals surface area contributed by atoms with Crippen LogP contribution in [0.3, 0.4) is 0 Å². The molecule has 4 rings (SSSR count). The zero-order chi connectivity index (χ0) is 31.6. The topological polar surface area (TPSA) is 66.0 Å². The number of halogens is 1. The highest BCUT2D eigenvalue weighted by molar-refractivity contribution is 6.30. The predicted octanol–water partition coefficient (Wildman–Crippen LogP) is 7.79. The predicted molar refractivity (Wildman–Crippen MR) is 177 cm³/mol. The molecule has 0 bridgehead atoms. The first-order chi connectivity index (χ1) is 20.4. The van der Waals surface area contributed by atoms with Gasteiger partial charge in [-0.15, -0.1) is 0 Å². The van der Waals surface area contributed by atoms with Gasteiger partial charge in [0.25, 0.3) is 5.91 Å². The first-order valence-electron chi connectivity index (χ1n) is 15.1. The molecule has 0 fully saturated rings. The second-order valence-corrected chi connectivity index (χ2v) is 13.0. The van der Waals surface area contributed by atoms with Gasteiger partial charge in [0.15, 0.2) is 0 Å². The average Bonchev–Trinajstić information content (AvgIpc) is 3.08. The first-order valence-corrected chi connectivity index (χ1v) is 15.4. The number of anilines is 2. The van der Waals surface area contributed by atoms with Gasteiger partial charge in [-0.05, 0) is 47.6 Å². The molecule has 1 atom stereocenters. The summed E-state index contributed by atoms with van der Waals surface area (Å²) in [5.74, 6) is 0.0485. The summed E-state index contributed by atoms with van der Waals surface area (Å²) >= 11 is 6.09. The number of rotatable bonds is 10. The van der Waals surface area contributed by atoms with Gasteiger partial charge in [0.05, 0.1) is 24.0 Å². The van der Waals surface area contributed by atoms with Crippen LogP contribution >= 0.6 is 11.6 Å². The first kappa shape index (κ1) is 34.1. The van der Waals surface area contributed by atoms with Crippen LogP contribution in [0.5, 0.6) is 0 Å². The lowest BCUT2D eigenvalue weighted by Crippen LogP contribution is -2.33. The number of nitrogens with zero attached hydrogens (tertiary/aromatic N) is 4. The second-order valence-electron chi connectivity index (χ2n) is 12.6. The van der Waals surface area contributed by atoms with Crippen LogP contribution in [-0.4, -0.2) is 55.4 Å². The lowest BCUT2D eigenvalue weighted by atomic mass is 10.0. The van der Waals surface area contributed by atoms with E-state index in [0.29, 0.717) is 55.2 Å². The van der Waals surface area contributed by atoms with Crippen molar-refractivity contribution in [2.24, 2.45) is 5.41 Å². The number of hydrogen-bond acceptors (Lipinski definition) is 5. The van der Waals surface area contributed by atoms with Gasteiger partial charge in [-0.3, -0.25) is 9.59 Å². The summed E-state index contributed by atoms with van der Waals surface area (Å²) in [6, 6.07) is 19.7. The molecule has 0 aliphatic carbocycles. The van der Waals surface area contributed by atoms with E-state index in [-0.39, 0.29) is 17.9 Å². The third kappa shape index (κ3) is 10.7. The van der Waals surface area contributed by atoms with Gasteiger partial charge < -0.3 is 19.4 Å². The van der Waals surface area contributed by atoms with Gasteiger partial charge in [-0.1, -0.05) is 88.7 Å². The Labute approximate surface area is 262 Å². The fourth-order valence-electron chi connectivity index (χ4n) is 4.63. The molecule has 1 aromatic heterocycles. The highest BCUT2D eigenvalue weighted by Crippen LogP contribution is 2.30. The maximum absolute atomic E-state index is 13.5. The van der Waals surface area contributed by atoms with Crippen LogP contribution in [0.1, 0.15) is 81.5 Å². The van der Waals surface area contributed by atoms with E-state index < -0.39 is 0 Å². The van der Waals surface area contributed by atoms with Crippen molar-refractivity contribution in [2.45, 2.75) is 66.6 Å². The van der Waals surface area contributed by atoms with Crippen LogP contribution < -0.4 is 9.80 Å². The molecule has 7 nitrogen and oxygen atoms in total. The fraction of sp³-hybridized carbons (Fsp3) is 0.457. The molecule has 0 radical (unpaired) electrons. The standard InChI is InChI=1S/C30H35ClN4O3.C5H12/c1-4-9-29(36)34(3)15-14-27(23-11-6-5-7-12-23)38-21-22-10-8-13-24(18-22)35-17-16-33(2)26-19-28(31)32-20-25(26)30(35)37;1-5(2,3)4/h5-8,10-13,18-20,27H,4,9,14-17,21H2,1-3H3;1-4H3. The van der Waals surface area contributed by atoms with Gasteiger partial charge in [0.2, 0.25) is 5.91 Å². The number of aromatic nitrogens is 1. The molecule has 1 unspecified atom stereocenters. The quantitative estimate of drug-likeness (QED) is 0.220. The molecule has 232 valence electrons. The summed E-state index contributed by atoms with van der Waals surface area (Å²) < 4.78 is 6.41. The SMILES string of the molecule is CC(C)(C)C.CCCC(=O)N(C)CCC(OCc1cccc(N2CCN(C)c3cc(Cl)ncc3C2=O)c1)c1ccccc1. The molecule has 0 spiro atoms. The minimum Gasteiger partial charge on any atom is -0.372 e. The Kier molecular flexibility index (Phi) is 12.6. The zero-order valence-electron chi connectivity index (χ0n) is 26.8. The zero-order valence-corrected chi connectivity index (χ0v) is 27.5. The Morgan fingerprint density at radius 1 is 1.07 bits per heavy atom. The highest BCUT2D eigenvalue weighted by Gasteiger charge is 2.27. The van der Waals surface area contributed by atoms with Crippen molar-refractivity contribution < 1.29 is 14.3 Å². The molecular weight excluding hydrogens is 560 g/mol. The Bertz CT molecular complexity index is 1340. The number of fused-ring (bicyclic) bond motifs is 1. The molecular formula is C35H47ClN4O3. The monoisotopic (exact) mass is 606 g/mol. The number of benzene rings is 2. The molecule has 3 aromatic rings. The number of likely N-dealkylation sites (N-methyl/N-ethyl adjacent to an activating group) is 1. The van der Waals surface area contributed by atoms with E-state index in [9.17, 15) is 9.59 Å². The molecule has 2 aromatic carbocycles. The molecule has 0 saturated carbocycles. The second kappa shape index (κ2) is 15.9. The summed E-state index contributed by atoms with van der Waals surface area (Å²) in [5.41, 5.74) is 4.67. The van der Waals surface area contributed by atoms with Gasteiger partial charge in [0.1, 0.15) is 5.15 Å². The summed E-state index contributed by atoms with van der Waals surface area (Å²) in [5, 5.41) is 0.366. The Balaban J connectivity index is 0.000000934. The van der Waals surface area contributed by atoms with E-state index in [0.717, 1.165) is 28.9 Å². The van der Waals surface area contributed by atoms with Crippen LogP contribution in [-0.2, 0) is 16.1 Å². The van der Waals surface area contributed by atoms with E-state index in [4.69, 9.17) is 16.3 Å². The number of pyridine rings is 1. The summed E-state index contributed by atoms with van der Waals surface area (Å²) in [4.78, 5) is 35.5. The van der Waals surface area contributed by atoms with Crippen molar-refractivity contribution in [1.29, 1.82) is 0 Å². The number of carbonyl (C=O) groups excluding carboxylic acids is 2. The van der Waals surface area contributed by atoms with Crippen LogP contribution in [0.15, 0.2) is 66.9 Å². The van der Waals surface area contributed by atoms with Crippen molar-refractivity contribution in [2.75, 3.05) is 43.5 Å². The van der Waals surface area contributed by atoms with Gasteiger partial charge in [-0.25, -0.2) is 4.98 Å². The Morgan fingerprint density at radius 2 is 1.77 bits per heavy atom. The van der Waals surface area contributed by atoms with E-state index in [2.05, 4.69) is 44.8 Å². The van der Waals surface area contributed by atoms with Crippen LogP contribution in [0.4, 0.5) is 11.4 Å². The molecule has 2 heterocycles. The maximum Gasteiger partial charge on any atom is 0.262 e. The maximum atomic E-state index is 13.5. The summed E-state index contributed by atoms with van der Waals surface area (Å²) in [7, 11) is 3.80. The summed E-state index contributed by atoms with van der Waals surface area (Å²) in [6.45, 7) is 13.0. The number of amides is 2. The van der Waals surface area contributed by atoms with Crippen molar-refractivity contribution in [3.05, 3.63) is 88.7 Å². The van der Waals surface area contributed by atoms with Crippen LogP contribution in [0, 0.1) is 5.41 Å². The summed E-state index contributed by atoms with van der Waals surface area (Å²) in [6.07, 6.45) is 3.48. The van der Waals surface area contributed by atoms with Crippen LogP contribution in [0.25, 0.3) is 0 Å². The van der Waals surface area contributed by atoms with Crippen molar-refractivity contribution in [1.82, 2.24) is 9.88 Å². The third-order valence-corrected chi connectivity index (χ3v) is 7.06. The Morgan fingerprint density at radius 3 is 2.44 bits per heavy atom. The highest BCUT2D eigenvalue weighted by atomic mass is 35.5. The molecule has 43 heavy (non-hydrogen) atoms. The van der Waals surface area contributed by atoms with Crippen molar-refractivity contribution in [3.63, 3.8) is 0 Å². The molecule has 2 amide bonds. The van der Waals surface area contributed by atoms with E-state index in [1.807, 2.05) is 68.4 Å². The van der Waals surface area contributed by atoms with E-state index in [1.54, 1.807) is 22.1 Å². The smallest absolute Gasteiger partial charge is 0.262 e. The molecule has 1 aliphatic heterocycles. The fourth-order valence-corrected chi connectivity index (χ4v) is 4.78. The van der Waals surface area contributed by atoms with Crippen LogP contribution in [0.2, 0.25) is 5.15 Å². The van der Waals surface area contributed by atoms with Gasteiger partial charge >= 0.3 is 0 Å². The number of hydrogen-bond donors (Lipinski definition) is 0. The largest absolute Gasteiger partial charge is 0.372 e. The van der Waals surface area contributed by atoms with Gasteiger partial charge in [-0.2, -0.15) is 0 Å². The average molecular weight is 607 g/mol. The lowest BCUT2D eigenvalue weighted by Gasteiger charge is -2.24. The molecule has 0 N–H and O–H groups in total. The lowest BCUT2D eigenvalue weighted by molar-refractivity contribution is -0.130. The van der Waals surface area contributed by atoms with E-state index >= 15 is 0 Å². The van der Waals surface area contributed by atoms with Crippen molar-refractivity contribution >= 4 is 34.8 Å². The molecule has 0 saturated heterocycles. The number of ether oxygens (including phenoxy) is 1. The minimum atomic E-state index is -0.159. The third-order valence-electron chi connectivity index (χ3n) is 6.86. The molecule has 8 heteroatoms. The normalized spacial score (nSPS) is 13.9. The number of carbonyl (C=O) groups is 2.